The van der Waals surface area contributed by atoms with E-state index in [1.54, 1.807) is 19.1 Å². The third-order valence-corrected chi connectivity index (χ3v) is 5.82. The Labute approximate surface area is 122 Å². The molecule has 0 saturated carbocycles. The third kappa shape index (κ3) is 3.12. The van der Waals surface area contributed by atoms with Crippen LogP contribution in [0.2, 0.25) is 0 Å². The van der Waals surface area contributed by atoms with Gasteiger partial charge in [0.05, 0.1) is 35.6 Å². The summed E-state index contributed by atoms with van der Waals surface area (Å²) in [4.78, 5) is 2.55. The van der Waals surface area contributed by atoms with E-state index in [1.807, 2.05) is 12.1 Å². The van der Waals surface area contributed by atoms with Crippen molar-refractivity contribution in [3.63, 3.8) is 0 Å². The van der Waals surface area contributed by atoms with Crippen molar-refractivity contribution >= 4 is 31.5 Å². The van der Waals surface area contributed by atoms with Gasteiger partial charge in [-0.3, -0.25) is 0 Å². The Morgan fingerprint density at radius 1 is 1.42 bits per heavy atom. The Hall–Kier alpha value is -0.590. The number of alkyl halides is 1. The molecule has 1 atom stereocenters. The Balaban J connectivity index is 2.44. The van der Waals surface area contributed by atoms with Gasteiger partial charge >= 0.3 is 0 Å². The van der Waals surface area contributed by atoms with E-state index in [2.05, 4.69) is 20.8 Å². The first-order valence-corrected chi connectivity index (χ1v) is 9.09. The van der Waals surface area contributed by atoms with Crippen molar-refractivity contribution in [2.45, 2.75) is 17.9 Å². The first-order valence-electron chi connectivity index (χ1n) is 6.32. The fraction of sp³-hybridized carbons (Fsp3) is 0.538. The minimum Gasteiger partial charge on any atom is -0.377 e. The highest BCUT2D eigenvalue weighted by Crippen LogP contribution is 2.29. The highest BCUT2D eigenvalue weighted by Gasteiger charge is 2.27. The molecule has 1 saturated heterocycles. The minimum absolute atomic E-state index is 0.118. The van der Waals surface area contributed by atoms with Crippen molar-refractivity contribution in [2.75, 3.05) is 35.7 Å². The Bertz CT molecular complexity index is 532. The molecule has 1 unspecified atom stereocenters. The zero-order valence-corrected chi connectivity index (χ0v) is 13.3. The number of hydrogen-bond donors (Lipinski definition) is 0. The molecule has 0 amide bonds. The van der Waals surface area contributed by atoms with Crippen LogP contribution in [0.5, 0.6) is 0 Å². The number of para-hydroxylation sites is 1. The molecule has 0 aromatic heterocycles. The molecule has 1 fully saturated rings. The molecule has 2 rings (SSSR count). The lowest BCUT2D eigenvalue weighted by Crippen LogP contribution is -2.47. The maximum atomic E-state index is 12.2. The van der Waals surface area contributed by atoms with E-state index in [0.717, 1.165) is 11.0 Å². The number of nitrogens with zero attached hydrogens (tertiary/aromatic N) is 1. The predicted octanol–water partition coefficient (Wildman–Crippen LogP) is 2.08. The van der Waals surface area contributed by atoms with E-state index < -0.39 is 9.84 Å². The molecule has 0 radical (unpaired) electrons. The normalized spacial score (nSPS) is 20.5. The number of anilines is 1. The summed E-state index contributed by atoms with van der Waals surface area (Å²) in [5.74, 6) is 0.118. The second-order valence-corrected chi connectivity index (χ2v) is 7.34. The lowest BCUT2D eigenvalue weighted by Gasteiger charge is -2.37. The van der Waals surface area contributed by atoms with Crippen LogP contribution in [0, 0.1) is 0 Å². The number of rotatable bonds is 4. The average Bonchev–Trinajstić information content (AvgIpc) is 2.47. The lowest BCUT2D eigenvalue weighted by atomic mass is 10.2. The zero-order chi connectivity index (χ0) is 13.9. The van der Waals surface area contributed by atoms with E-state index in [4.69, 9.17) is 4.74 Å². The van der Waals surface area contributed by atoms with Crippen LogP contribution in [0.3, 0.4) is 0 Å². The first-order chi connectivity index (χ1) is 9.10. The molecule has 1 aliphatic heterocycles. The summed E-state index contributed by atoms with van der Waals surface area (Å²) in [5, 5.41) is 0.757. The lowest BCUT2D eigenvalue weighted by molar-refractivity contribution is 0.100. The van der Waals surface area contributed by atoms with Gasteiger partial charge in [0.25, 0.3) is 0 Å². The summed E-state index contributed by atoms with van der Waals surface area (Å²) in [6.45, 7) is 3.63. The average molecular weight is 348 g/mol. The number of morpholine rings is 1. The molecule has 1 aliphatic rings. The smallest absolute Gasteiger partial charge is 0.180 e. The number of hydrogen-bond acceptors (Lipinski definition) is 4. The van der Waals surface area contributed by atoms with Gasteiger partial charge in [-0.2, -0.15) is 0 Å². The molecule has 0 spiro atoms. The number of ether oxygens (including phenoxy) is 1. The maximum Gasteiger partial charge on any atom is 0.180 e. The van der Waals surface area contributed by atoms with Crippen molar-refractivity contribution in [3.8, 4) is 0 Å². The van der Waals surface area contributed by atoms with Crippen LogP contribution in [0.1, 0.15) is 6.92 Å². The summed E-state index contributed by atoms with van der Waals surface area (Å²) < 4.78 is 29.8. The quantitative estimate of drug-likeness (QED) is 0.782. The van der Waals surface area contributed by atoms with Gasteiger partial charge in [-0.15, -0.1) is 0 Å². The fourth-order valence-electron chi connectivity index (χ4n) is 2.21. The standard InChI is InChI=1S/C13H18BrNO3S/c1-2-19(16,17)13-6-4-3-5-12(13)15-7-8-18-10-11(15)9-14/h3-6,11H,2,7-10H2,1H3. The zero-order valence-electron chi connectivity index (χ0n) is 10.9. The van der Waals surface area contributed by atoms with Crippen LogP contribution < -0.4 is 4.90 Å². The van der Waals surface area contributed by atoms with E-state index in [1.165, 1.54) is 0 Å². The van der Waals surface area contributed by atoms with Gasteiger partial charge in [-0.1, -0.05) is 35.0 Å². The van der Waals surface area contributed by atoms with Gasteiger partial charge in [-0.05, 0) is 12.1 Å². The second kappa shape index (κ2) is 6.24. The predicted molar refractivity (Wildman–Crippen MR) is 79.9 cm³/mol. The van der Waals surface area contributed by atoms with E-state index >= 15 is 0 Å². The van der Waals surface area contributed by atoms with E-state index in [9.17, 15) is 8.42 Å². The molecular formula is C13H18BrNO3S. The summed E-state index contributed by atoms with van der Waals surface area (Å²) in [5.41, 5.74) is 0.789. The molecule has 0 aliphatic carbocycles. The first kappa shape index (κ1) is 14.8. The van der Waals surface area contributed by atoms with E-state index in [0.29, 0.717) is 24.7 Å². The van der Waals surface area contributed by atoms with Crippen molar-refractivity contribution in [3.05, 3.63) is 24.3 Å². The fourth-order valence-corrected chi connectivity index (χ4v) is 3.85. The third-order valence-electron chi connectivity index (χ3n) is 3.30. The molecule has 4 nitrogen and oxygen atoms in total. The van der Waals surface area contributed by atoms with Crippen LogP contribution in [0.15, 0.2) is 29.2 Å². The second-order valence-electron chi connectivity index (χ2n) is 4.45. The molecule has 1 heterocycles. The van der Waals surface area contributed by atoms with Crippen LogP contribution >= 0.6 is 15.9 Å². The molecule has 1 aromatic rings. The van der Waals surface area contributed by atoms with Crippen LogP contribution in [0.25, 0.3) is 0 Å². The van der Waals surface area contributed by atoms with Gasteiger partial charge in [-0.25, -0.2) is 8.42 Å². The van der Waals surface area contributed by atoms with Gasteiger partial charge in [0.1, 0.15) is 0 Å². The van der Waals surface area contributed by atoms with Gasteiger partial charge in [0, 0.05) is 11.9 Å². The molecule has 1 aromatic carbocycles. The Morgan fingerprint density at radius 3 is 2.84 bits per heavy atom. The van der Waals surface area contributed by atoms with Crippen molar-refractivity contribution in [1.29, 1.82) is 0 Å². The number of halogens is 1. The van der Waals surface area contributed by atoms with Gasteiger partial charge in [0.15, 0.2) is 9.84 Å². The van der Waals surface area contributed by atoms with E-state index in [-0.39, 0.29) is 11.8 Å². The van der Waals surface area contributed by atoms with Gasteiger partial charge < -0.3 is 9.64 Å². The SMILES string of the molecule is CCS(=O)(=O)c1ccccc1N1CCOCC1CBr. The monoisotopic (exact) mass is 347 g/mol. The number of sulfone groups is 1. The summed E-state index contributed by atoms with van der Waals surface area (Å²) in [6, 6.07) is 7.39. The topological polar surface area (TPSA) is 46.6 Å². The Morgan fingerprint density at radius 2 is 2.16 bits per heavy atom. The molecule has 106 valence electrons. The summed E-state index contributed by atoms with van der Waals surface area (Å²) >= 11 is 3.47. The summed E-state index contributed by atoms with van der Waals surface area (Å²) in [6.07, 6.45) is 0. The molecule has 19 heavy (non-hydrogen) atoms. The van der Waals surface area contributed by atoms with Crippen LogP contribution in [-0.2, 0) is 14.6 Å². The Kier molecular flexibility index (Phi) is 4.86. The number of benzene rings is 1. The van der Waals surface area contributed by atoms with Crippen molar-refractivity contribution in [2.24, 2.45) is 0 Å². The molecular weight excluding hydrogens is 330 g/mol. The molecule has 6 heteroatoms. The van der Waals surface area contributed by atoms with Crippen molar-refractivity contribution < 1.29 is 13.2 Å². The van der Waals surface area contributed by atoms with Crippen LogP contribution in [-0.4, -0.2) is 45.3 Å². The molecule has 0 N–H and O–H groups in total. The maximum absolute atomic E-state index is 12.2. The largest absolute Gasteiger partial charge is 0.377 e. The van der Waals surface area contributed by atoms with Gasteiger partial charge in [0.2, 0.25) is 0 Å². The highest BCUT2D eigenvalue weighted by atomic mass is 79.9. The van der Waals surface area contributed by atoms with Crippen LogP contribution in [0.4, 0.5) is 5.69 Å². The minimum atomic E-state index is -3.21. The molecule has 0 bridgehead atoms. The van der Waals surface area contributed by atoms with Crippen molar-refractivity contribution in [1.82, 2.24) is 0 Å². The highest BCUT2D eigenvalue weighted by molar-refractivity contribution is 9.09. The summed E-state index contributed by atoms with van der Waals surface area (Å²) in [7, 11) is -3.21.